The lowest BCUT2D eigenvalue weighted by atomic mass is 9.46. The number of rotatable bonds is 4. The molecule has 3 N–H and O–H groups in total. The highest BCUT2D eigenvalue weighted by Gasteiger charge is 2.70. The van der Waals surface area contributed by atoms with Crippen LogP contribution in [0.4, 0.5) is 0 Å². The van der Waals surface area contributed by atoms with Crippen LogP contribution < -0.4 is 11.1 Å². The molecule has 1 amide bonds. The van der Waals surface area contributed by atoms with Gasteiger partial charge in [-0.05, 0) is 25.0 Å². The maximum atomic E-state index is 12.9. The van der Waals surface area contributed by atoms with Gasteiger partial charge in [0.05, 0.1) is 21.3 Å². The van der Waals surface area contributed by atoms with E-state index in [1.807, 2.05) is 32.0 Å². The molecule has 1 aromatic heterocycles. The molecule has 1 aliphatic carbocycles. The van der Waals surface area contributed by atoms with Gasteiger partial charge in [-0.3, -0.25) is 4.79 Å². The van der Waals surface area contributed by atoms with Crippen molar-refractivity contribution in [2.45, 2.75) is 44.8 Å². The van der Waals surface area contributed by atoms with Crippen LogP contribution in [0.25, 0.3) is 10.2 Å². The number of carbonyl (C=O) groups is 1. The van der Waals surface area contributed by atoms with Crippen LogP contribution in [0.3, 0.4) is 0 Å². The molecule has 1 aliphatic heterocycles. The predicted molar refractivity (Wildman–Crippen MR) is 107 cm³/mol. The number of benzene rings is 1. The first-order chi connectivity index (χ1) is 11.9. The summed E-state index contributed by atoms with van der Waals surface area (Å²) in [4.78, 5) is 17.5. The summed E-state index contributed by atoms with van der Waals surface area (Å²) in [6.07, 6.45) is 2.78. The molecule has 0 radical (unpaired) electrons. The van der Waals surface area contributed by atoms with Crippen molar-refractivity contribution < 1.29 is 9.53 Å². The van der Waals surface area contributed by atoms with Crippen molar-refractivity contribution in [3.05, 3.63) is 29.3 Å². The van der Waals surface area contributed by atoms with Crippen LogP contribution in [-0.4, -0.2) is 35.7 Å². The Kier molecular flexibility index (Phi) is 5.32. The summed E-state index contributed by atoms with van der Waals surface area (Å²) in [5.41, 5.74) is 6.46. The van der Waals surface area contributed by atoms with Crippen LogP contribution in [0.5, 0.6) is 0 Å². The molecular formula is C19H26ClN3O2S. The number of para-hydroxylation sites is 1. The van der Waals surface area contributed by atoms with Crippen molar-refractivity contribution in [1.29, 1.82) is 0 Å². The molecule has 2 fully saturated rings. The first-order valence-electron chi connectivity index (χ1n) is 8.98. The van der Waals surface area contributed by atoms with Gasteiger partial charge in [0.1, 0.15) is 5.54 Å². The van der Waals surface area contributed by atoms with E-state index >= 15 is 0 Å². The highest BCUT2D eigenvalue weighted by atomic mass is 35.5. The van der Waals surface area contributed by atoms with E-state index in [1.54, 1.807) is 11.3 Å². The minimum atomic E-state index is -0.842. The van der Waals surface area contributed by atoms with Crippen LogP contribution >= 0.6 is 23.7 Å². The fourth-order valence-corrected chi connectivity index (χ4v) is 5.46. The number of nitrogens with one attached hydrogen (secondary N) is 1. The molecule has 2 aliphatic rings. The molecule has 2 heterocycles. The van der Waals surface area contributed by atoms with E-state index in [2.05, 4.69) is 16.4 Å². The van der Waals surface area contributed by atoms with Gasteiger partial charge >= 0.3 is 0 Å². The monoisotopic (exact) mass is 395 g/mol. The van der Waals surface area contributed by atoms with Gasteiger partial charge in [0.25, 0.3) is 0 Å². The minimum absolute atomic E-state index is 0. The maximum absolute atomic E-state index is 12.9. The number of ether oxygens (including phenoxy) is 1. The normalized spacial score (nSPS) is 29.3. The van der Waals surface area contributed by atoms with E-state index in [1.165, 1.54) is 4.70 Å². The number of fused-ring (bicyclic) bond motifs is 2. The van der Waals surface area contributed by atoms with E-state index in [4.69, 9.17) is 10.5 Å². The number of nitrogens with zero attached hydrogens (tertiary/aromatic N) is 1. The van der Waals surface area contributed by atoms with Gasteiger partial charge in [-0.2, -0.15) is 0 Å². The minimum Gasteiger partial charge on any atom is -0.377 e. The molecule has 0 bridgehead atoms. The topological polar surface area (TPSA) is 77.2 Å². The lowest BCUT2D eigenvalue weighted by molar-refractivity contribution is -0.225. The van der Waals surface area contributed by atoms with Crippen LogP contribution in [0.15, 0.2) is 24.3 Å². The van der Waals surface area contributed by atoms with E-state index in [9.17, 15) is 4.79 Å². The van der Waals surface area contributed by atoms with Crippen LogP contribution in [-0.2, 0) is 16.0 Å². The number of halogens is 1. The lowest BCUT2D eigenvalue weighted by Crippen LogP contribution is -2.82. The van der Waals surface area contributed by atoms with Gasteiger partial charge in [0.2, 0.25) is 5.91 Å². The Balaban J connectivity index is 0.00000196. The third kappa shape index (κ3) is 2.83. The molecule has 0 spiro atoms. The summed E-state index contributed by atoms with van der Waals surface area (Å²) >= 11 is 1.68. The molecule has 1 saturated carbocycles. The molecule has 26 heavy (non-hydrogen) atoms. The summed E-state index contributed by atoms with van der Waals surface area (Å²) in [5, 5.41) is 4.09. The van der Waals surface area contributed by atoms with Crippen molar-refractivity contribution in [2.75, 3.05) is 13.2 Å². The second kappa shape index (κ2) is 7.08. The number of hydrogen-bond acceptors (Lipinski definition) is 5. The molecule has 4 rings (SSSR count). The van der Waals surface area contributed by atoms with Crippen molar-refractivity contribution >= 4 is 39.9 Å². The molecule has 2 aromatic rings. The number of carbonyl (C=O) groups excluding carboxylic acids is 1. The largest absolute Gasteiger partial charge is 0.377 e. The second-order valence-electron chi connectivity index (χ2n) is 7.71. The smallest absolute Gasteiger partial charge is 0.241 e. The predicted octanol–water partition coefficient (Wildman–Crippen LogP) is 2.91. The van der Waals surface area contributed by atoms with Gasteiger partial charge in [0, 0.05) is 30.9 Å². The van der Waals surface area contributed by atoms with Gasteiger partial charge in [-0.15, -0.1) is 23.7 Å². The Labute approximate surface area is 164 Å². The van der Waals surface area contributed by atoms with E-state index in [0.29, 0.717) is 6.54 Å². The first kappa shape index (κ1) is 19.5. The third-order valence-electron chi connectivity index (χ3n) is 6.02. The van der Waals surface area contributed by atoms with E-state index in [0.717, 1.165) is 36.4 Å². The van der Waals surface area contributed by atoms with Gasteiger partial charge in [-0.25, -0.2) is 4.98 Å². The van der Waals surface area contributed by atoms with Crippen LogP contribution in [0.1, 0.15) is 31.7 Å². The Morgan fingerprint density at radius 3 is 2.96 bits per heavy atom. The molecule has 3 atom stereocenters. The maximum Gasteiger partial charge on any atom is 0.241 e. The zero-order chi connectivity index (χ0) is 17.7. The van der Waals surface area contributed by atoms with Gasteiger partial charge < -0.3 is 15.8 Å². The Bertz CT molecular complexity index is 776. The Hall–Kier alpha value is -1.21. The first-order valence-corrected chi connectivity index (χ1v) is 9.79. The molecule has 3 unspecified atom stereocenters. The number of thiazole rings is 1. The third-order valence-corrected chi connectivity index (χ3v) is 7.12. The SMILES string of the molecule is CC1(C)C2OCCCC2C1(N)C(=O)NCCc1nc2ccccc2s1.Cl. The molecule has 7 heteroatoms. The second-order valence-corrected chi connectivity index (χ2v) is 8.83. The summed E-state index contributed by atoms with van der Waals surface area (Å²) in [7, 11) is 0. The van der Waals surface area contributed by atoms with E-state index in [-0.39, 0.29) is 35.8 Å². The van der Waals surface area contributed by atoms with Crippen molar-refractivity contribution in [3.8, 4) is 0 Å². The summed E-state index contributed by atoms with van der Waals surface area (Å²) < 4.78 is 7.06. The van der Waals surface area contributed by atoms with Crippen LogP contribution in [0.2, 0.25) is 0 Å². The zero-order valence-electron chi connectivity index (χ0n) is 15.2. The standard InChI is InChI=1S/C19H25N3O2S.ClH/c1-18(2)16-12(6-5-11-24-16)19(18,20)17(23)21-10-9-15-22-13-7-3-4-8-14(13)25-15;/h3-4,7-8,12,16H,5-6,9-11,20H2,1-2H3,(H,21,23);1H. The van der Waals surface area contributed by atoms with Gasteiger partial charge in [0.15, 0.2) is 0 Å². The number of amides is 1. The molecule has 1 saturated heterocycles. The molecular weight excluding hydrogens is 370 g/mol. The highest BCUT2D eigenvalue weighted by Crippen LogP contribution is 2.57. The average molecular weight is 396 g/mol. The summed E-state index contributed by atoms with van der Waals surface area (Å²) in [6.45, 7) is 5.44. The number of hydrogen-bond donors (Lipinski definition) is 2. The van der Waals surface area contributed by atoms with Crippen molar-refractivity contribution in [3.63, 3.8) is 0 Å². The van der Waals surface area contributed by atoms with Crippen molar-refractivity contribution in [1.82, 2.24) is 10.3 Å². The van der Waals surface area contributed by atoms with E-state index < -0.39 is 5.54 Å². The van der Waals surface area contributed by atoms with Gasteiger partial charge in [-0.1, -0.05) is 26.0 Å². The fraction of sp³-hybridized carbons (Fsp3) is 0.579. The Morgan fingerprint density at radius 2 is 2.19 bits per heavy atom. The molecule has 1 aromatic carbocycles. The highest BCUT2D eigenvalue weighted by molar-refractivity contribution is 7.18. The van der Waals surface area contributed by atoms with Crippen LogP contribution in [0, 0.1) is 11.3 Å². The zero-order valence-corrected chi connectivity index (χ0v) is 16.8. The molecule has 142 valence electrons. The summed E-state index contributed by atoms with van der Waals surface area (Å²) in [5.74, 6) is 0.0732. The lowest BCUT2D eigenvalue weighted by Gasteiger charge is -2.65. The quantitative estimate of drug-likeness (QED) is 0.834. The molecule has 5 nitrogen and oxygen atoms in total. The van der Waals surface area contributed by atoms with Crippen molar-refractivity contribution in [2.24, 2.45) is 17.1 Å². The fourth-order valence-electron chi connectivity index (χ4n) is 4.49. The summed E-state index contributed by atoms with van der Waals surface area (Å²) in [6, 6.07) is 8.10. The Morgan fingerprint density at radius 1 is 1.42 bits per heavy atom. The number of aromatic nitrogens is 1. The average Bonchev–Trinajstić information content (AvgIpc) is 3.03. The number of nitrogens with two attached hydrogens (primary N) is 1.